The van der Waals surface area contributed by atoms with Crippen molar-refractivity contribution >= 4 is 11.6 Å². The Labute approximate surface area is 81.8 Å². The molecule has 0 saturated carbocycles. The summed E-state index contributed by atoms with van der Waals surface area (Å²) < 4.78 is 0. The summed E-state index contributed by atoms with van der Waals surface area (Å²) in [6.45, 7) is 1.56. The van der Waals surface area contributed by atoms with E-state index < -0.39 is 12.1 Å². The Kier molecular flexibility index (Phi) is 3.14. The Bertz CT molecular complexity index is 302. The molecule has 1 aromatic rings. The molecule has 0 radical (unpaired) electrons. The lowest BCUT2D eigenvalue weighted by Gasteiger charge is -2.16. The lowest BCUT2D eigenvalue weighted by Crippen LogP contribution is -2.23. The molecule has 2 atom stereocenters. The highest BCUT2D eigenvalue weighted by atomic mass is 35.5. The third kappa shape index (κ3) is 2.34. The first-order valence-electron chi connectivity index (χ1n) is 3.94. The van der Waals surface area contributed by atoms with Gasteiger partial charge in [0.15, 0.2) is 0 Å². The van der Waals surface area contributed by atoms with Gasteiger partial charge in [-0.1, -0.05) is 11.6 Å². The van der Waals surface area contributed by atoms with E-state index in [1.807, 2.05) is 0 Å². The molecule has 0 aliphatic heterocycles. The molecule has 0 unspecified atom stereocenters. The Morgan fingerprint density at radius 3 is 2.62 bits per heavy atom. The number of hydrogen-bond acceptors (Lipinski definition) is 3. The first-order chi connectivity index (χ1) is 6.02. The summed E-state index contributed by atoms with van der Waals surface area (Å²) in [5.41, 5.74) is 6.10. The maximum Gasteiger partial charge on any atom is 0.120 e. The van der Waals surface area contributed by atoms with E-state index >= 15 is 0 Å². The van der Waals surface area contributed by atoms with Crippen LogP contribution in [0.3, 0.4) is 0 Å². The maximum absolute atomic E-state index is 9.40. The Morgan fingerprint density at radius 2 is 2.08 bits per heavy atom. The van der Waals surface area contributed by atoms with Crippen LogP contribution in [-0.4, -0.2) is 16.3 Å². The van der Waals surface area contributed by atoms with Crippen LogP contribution in [0.25, 0.3) is 0 Å². The average Bonchev–Trinajstić information content (AvgIpc) is 2.08. The zero-order valence-electron chi connectivity index (χ0n) is 7.24. The summed E-state index contributed by atoms with van der Waals surface area (Å²) >= 11 is 5.72. The normalized spacial score (nSPS) is 15.4. The minimum absolute atomic E-state index is 0.0535. The van der Waals surface area contributed by atoms with E-state index in [4.69, 9.17) is 17.3 Å². The summed E-state index contributed by atoms with van der Waals surface area (Å²) in [6.07, 6.45) is -0.718. The molecular weight excluding hydrogens is 190 g/mol. The van der Waals surface area contributed by atoms with Crippen LogP contribution in [0.15, 0.2) is 18.2 Å². The largest absolute Gasteiger partial charge is 0.508 e. The van der Waals surface area contributed by atoms with Crippen molar-refractivity contribution in [2.24, 2.45) is 5.73 Å². The van der Waals surface area contributed by atoms with Gasteiger partial charge in [-0.05, 0) is 25.1 Å². The molecule has 4 heteroatoms. The quantitative estimate of drug-likeness (QED) is 0.678. The lowest BCUT2D eigenvalue weighted by atomic mass is 10.0. The molecule has 1 aromatic carbocycles. The van der Waals surface area contributed by atoms with Gasteiger partial charge in [0, 0.05) is 10.6 Å². The fourth-order valence-corrected chi connectivity index (χ4v) is 1.23. The standard InChI is InChI=1S/C9H12ClNO2/c1-5(12)9(11)7-4-6(10)2-3-8(7)13/h2-5,9,12-13H,11H2,1H3/t5-,9+/m1/s1. The van der Waals surface area contributed by atoms with Gasteiger partial charge in [0.25, 0.3) is 0 Å². The van der Waals surface area contributed by atoms with E-state index in [0.29, 0.717) is 10.6 Å². The van der Waals surface area contributed by atoms with Crippen LogP contribution in [0.4, 0.5) is 0 Å². The maximum atomic E-state index is 9.40. The lowest BCUT2D eigenvalue weighted by molar-refractivity contribution is 0.163. The fraction of sp³-hybridized carbons (Fsp3) is 0.333. The molecule has 13 heavy (non-hydrogen) atoms. The number of aliphatic hydroxyl groups excluding tert-OH is 1. The van der Waals surface area contributed by atoms with Crippen molar-refractivity contribution in [3.05, 3.63) is 28.8 Å². The second-order valence-electron chi connectivity index (χ2n) is 2.97. The number of aliphatic hydroxyl groups is 1. The van der Waals surface area contributed by atoms with Gasteiger partial charge >= 0.3 is 0 Å². The number of hydrogen-bond donors (Lipinski definition) is 3. The molecule has 3 nitrogen and oxygen atoms in total. The van der Waals surface area contributed by atoms with Crippen molar-refractivity contribution in [2.45, 2.75) is 19.1 Å². The molecule has 0 aliphatic rings. The number of phenolic OH excluding ortho intramolecular Hbond substituents is 1. The van der Waals surface area contributed by atoms with Crippen LogP contribution in [0.2, 0.25) is 5.02 Å². The summed E-state index contributed by atoms with van der Waals surface area (Å²) in [7, 11) is 0. The Hall–Kier alpha value is -0.770. The van der Waals surface area contributed by atoms with Gasteiger partial charge in [0.05, 0.1) is 12.1 Å². The highest BCUT2D eigenvalue weighted by Crippen LogP contribution is 2.27. The van der Waals surface area contributed by atoms with E-state index in [1.165, 1.54) is 6.07 Å². The molecule has 0 heterocycles. The van der Waals surface area contributed by atoms with Crippen LogP contribution in [0, 0.1) is 0 Å². The number of aromatic hydroxyl groups is 1. The van der Waals surface area contributed by atoms with Gasteiger partial charge in [-0.15, -0.1) is 0 Å². The number of phenols is 1. The smallest absolute Gasteiger partial charge is 0.120 e. The van der Waals surface area contributed by atoms with Crippen LogP contribution in [0.5, 0.6) is 5.75 Å². The van der Waals surface area contributed by atoms with Crippen LogP contribution in [-0.2, 0) is 0 Å². The predicted molar refractivity (Wildman–Crippen MR) is 51.7 cm³/mol. The molecule has 72 valence electrons. The van der Waals surface area contributed by atoms with Gasteiger partial charge in [0.2, 0.25) is 0 Å². The van der Waals surface area contributed by atoms with Crippen molar-refractivity contribution in [3.8, 4) is 5.75 Å². The summed E-state index contributed by atoms with van der Waals surface area (Å²) in [5.74, 6) is 0.0535. The summed E-state index contributed by atoms with van der Waals surface area (Å²) in [6, 6.07) is 3.96. The summed E-state index contributed by atoms with van der Waals surface area (Å²) in [5, 5.41) is 19.1. The van der Waals surface area contributed by atoms with E-state index in [1.54, 1.807) is 19.1 Å². The zero-order valence-corrected chi connectivity index (χ0v) is 7.99. The predicted octanol–water partition coefficient (Wildman–Crippen LogP) is 1.43. The molecule has 0 bridgehead atoms. The highest BCUT2D eigenvalue weighted by Gasteiger charge is 2.15. The molecule has 4 N–H and O–H groups in total. The third-order valence-electron chi connectivity index (χ3n) is 1.87. The number of halogens is 1. The van der Waals surface area contributed by atoms with Crippen LogP contribution < -0.4 is 5.73 Å². The third-order valence-corrected chi connectivity index (χ3v) is 2.10. The zero-order chi connectivity index (χ0) is 10.0. The average molecular weight is 202 g/mol. The van der Waals surface area contributed by atoms with Crippen molar-refractivity contribution in [3.63, 3.8) is 0 Å². The Morgan fingerprint density at radius 1 is 1.46 bits per heavy atom. The van der Waals surface area contributed by atoms with Crippen LogP contribution >= 0.6 is 11.6 Å². The van der Waals surface area contributed by atoms with Crippen LogP contribution in [0.1, 0.15) is 18.5 Å². The van der Waals surface area contributed by atoms with Crippen molar-refractivity contribution in [2.75, 3.05) is 0 Å². The molecule has 0 spiro atoms. The minimum atomic E-state index is -0.718. The van der Waals surface area contributed by atoms with Crippen molar-refractivity contribution < 1.29 is 10.2 Å². The van der Waals surface area contributed by atoms with E-state index in [2.05, 4.69) is 0 Å². The summed E-state index contributed by atoms with van der Waals surface area (Å²) in [4.78, 5) is 0. The second kappa shape index (κ2) is 3.96. The van der Waals surface area contributed by atoms with Gasteiger partial charge in [-0.3, -0.25) is 0 Å². The molecule has 0 fully saturated rings. The molecule has 0 saturated heterocycles. The topological polar surface area (TPSA) is 66.5 Å². The number of rotatable bonds is 2. The fourth-order valence-electron chi connectivity index (χ4n) is 1.05. The highest BCUT2D eigenvalue weighted by molar-refractivity contribution is 6.30. The second-order valence-corrected chi connectivity index (χ2v) is 3.41. The van der Waals surface area contributed by atoms with Gasteiger partial charge in [-0.2, -0.15) is 0 Å². The number of nitrogens with two attached hydrogens (primary N) is 1. The van der Waals surface area contributed by atoms with Gasteiger partial charge in [-0.25, -0.2) is 0 Å². The van der Waals surface area contributed by atoms with E-state index in [-0.39, 0.29) is 5.75 Å². The van der Waals surface area contributed by atoms with Gasteiger partial charge < -0.3 is 15.9 Å². The van der Waals surface area contributed by atoms with Gasteiger partial charge in [0.1, 0.15) is 5.75 Å². The first-order valence-corrected chi connectivity index (χ1v) is 4.32. The Balaban J connectivity index is 3.05. The SMILES string of the molecule is C[C@@H](O)[C@H](N)c1cc(Cl)ccc1O. The van der Waals surface area contributed by atoms with E-state index in [9.17, 15) is 10.2 Å². The molecule has 0 aromatic heterocycles. The minimum Gasteiger partial charge on any atom is -0.508 e. The number of benzene rings is 1. The molecule has 1 rings (SSSR count). The first kappa shape index (κ1) is 10.3. The molecular formula is C9H12ClNO2. The molecule has 0 aliphatic carbocycles. The van der Waals surface area contributed by atoms with Crippen molar-refractivity contribution in [1.82, 2.24) is 0 Å². The van der Waals surface area contributed by atoms with Crippen molar-refractivity contribution in [1.29, 1.82) is 0 Å². The monoisotopic (exact) mass is 201 g/mol. The molecule has 0 amide bonds. The van der Waals surface area contributed by atoms with E-state index in [0.717, 1.165) is 0 Å².